The summed E-state index contributed by atoms with van der Waals surface area (Å²) < 4.78 is 0. The summed E-state index contributed by atoms with van der Waals surface area (Å²) in [5.41, 5.74) is 3.50. The van der Waals surface area contributed by atoms with E-state index >= 15 is 0 Å². The minimum atomic E-state index is 0.537. The van der Waals surface area contributed by atoms with Gasteiger partial charge in [-0.1, -0.05) is 36.4 Å². The van der Waals surface area contributed by atoms with E-state index in [-0.39, 0.29) is 0 Å². The molecule has 1 aliphatic carbocycles. The van der Waals surface area contributed by atoms with Crippen molar-refractivity contribution in [2.75, 3.05) is 13.1 Å². The maximum absolute atomic E-state index is 2.55. The summed E-state index contributed by atoms with van der Waals surface area (Å²) in [5.74, 6) is 0. The van der Waals surface area contributed by atoms with E-state index in [1.807, 2.05) is 0 Å². The van der Waals surface area contributed by atoms with Gasteiger partial charge < -0.3 is 0 Å². The maximum atomic E-state index is 2.55. The van der Waals surface area contributed by atoms with Crippen molar-refractivity contribution in [2.24, 2.45) is 5.41 Å². The molecule has 1 aromatic carbocycles. The number of nitrogens with zero attached hydrogens (tertiary/aromatic N) is 1. The van der Waals surface area contributed by atoms with Crippen molar-refractivity contribution < 1.29 is 0 Å². The van der Waals surface area contributed by atoms with Crippen LogP contribution in [0.15, 0.2) is 36.4 Å². The Balaban J connectivity index is 1.69. The molecule has 1 spiro atoms. The van der Waals surface area contributed by atoms with E-state index in [9.17, 15) is 0 Å². The summed E-state index contributed by atoms with van der Waals surface area (Å²) in [7, 11) is 0. The second-order valence-corrected chi connectivity index (χ2v) is 5.57. The van der Waals surface area contributed by atoms with Gasteiger partial charge in [0.2, 0.25) is 0 Å². The normalized spacial score (nSPS) is 22.8. The van der Waals surface area contributed by atoms with E-state index in [1.54, 1.807) is 5.57 Å². The number of likely N-dealkylation sites (tertiary alicyclic amines) is 1. The van der Waals surface area contributed by atoms with Gasteiger partial charge in [-0.15, -0.1) is 0 Å². The van der Waals surface area contributed by atoms with Crippen molar-refractivity contribution in [1.82, 2.24) is 4.90 Å². The lowest BCUT2D eigenvalue weighted by atomic mass is 9.64. The molecule has 1 heterocycles. The quantitative estimate of drug-likeness (QED) is 0.729. The summed E-state index contributed by atoms with van der Waals surface area (Å²) >= 11 is 0. The molecule has 16 heavy (non-hydrogen) atoms. The standard InChI is InChI=1S/C15H19N/c1-12(2)16-10-15(11-16)8-14(9-15)13-6-4-3-5-7-13/h3-8,12H,9-11H2,1-2H3. The number of allylic oxidation sites excluding steroid dienone is 1. The first-order chi connectivity index (χ1) is 7.69. The number of rotatable bonds is 2. The molecular formula is C15H19N. The maximum Gasteiger partial charge on any atom is 0.0183 e. The van der Waals surface area contributed by atoms with Crippen LogP contribution in [0.3, 0.4) is 0 Å². The van der Waals surface area contributed by atoms with Gasteiger partial charge in [0.05, 0.1) is 0 Å². The third-order valence-corrected chi connectivity index (χ3v) is 3.93. The van der Waals surface area contributed by atoms with Gasteiger partial charge in [-0.3, -0.25) is 4.90 Å². The second kappa shape index (κ2) is 3.46. The Bertz CT molecular complexity index is 410. The van der Waals surface area contributed by atoms with Gasteiger partial charge in [-0.05, 0) is 31.4 Å². The molecule has 1 nitrogen and oxygen atoms in total. The zero-order valence-electron chi connectivity index (χ0n) is 10.1. The van der Waals surface area contributed by atoms with Crippen LogP contribution in [0.5, 0.6) is 0 Å². The van der Waals surface area contributed by atoms with Crippen molar-refractivity contribution in [3.05, 3.63) is 42.0 Å². The highest BCUT2D eigenvalue weighted by atomic mass is 15.2. The molecule has 1 aliphatic heterocycles. The van der Waals surface area contributed by atoms with Crippen LogP contribution in [0.1, 0.15) is 25.8 Å². The van der Waals surface area contributed by atoms with Crippen molar-refractivity contribution in [3.63, 3.8) is 0 Å². The Morgan fingerprint density at radius 3 is 2.31 bits per heavy atom. The lowest BCUT2D eigenvalue weighted by Crippen LogP contribution is -2.60. The van der Waals surface area contributed by atoms with E-state index in [0.29, 0.717) is 11.5 Å². The fourth-order valence-corrected chi connectivity index (χ4v) is 2.89. The second-order valence-electron chi connectivity index (χ2n) is 5.57. The topological polar surface area (TPSA) is 3.24 Å². The average molecular weight is 213 g/mol. The number of benzene rings is 1. The minimum Gasteiger partial charge on any atom is -0.299 e. The third-order valence-electron chi connectivity index (χ3n) is 3.93. The minimum absolute atomic E-state index is 0.537. The van der Waals surface area contributed by atoms with Gasteiger partial charge in [0, 0.05) is 24.5 Å². The van der Waals surface area contributed by atoms with Crippen molar-refractivity contribution in [2.45, 2.75) is 26.3 Å². The van der Waals surface area contributed by atoms with Crippen LogP contribution in [0.25, 0.3) is 5.57 Å². The van der Waals surface area contributed by atoms with Gasteiger partial charge in [-0.2, -0.15) is 0 Å². The zero-order valence-corrected chi connectivity index (χ0v) is 10.1. The van der Waals surface area contributed by atoms with Crippen LogP contribution in [0.2, 0.25) is 0 Å². The van der Waals surface area contributed by atoms with Crippen LogP contribution < -0.4 is 0 Å². The number of hydrogen-bond donors (Lipinski definition) is 0. The fourth-order valence-electron chi connectivity index (χ4n) is 2.89. The summed E-state index contributed by atoms with van der Waals surface area (Å²) in [6.07, 6.45) is 3.78. The number of hydrogen-bond acceptors (Lipinski definition) is 1. The zero-order chi connectivity index (χ0) is 11.2. The Kier molecular flexibility index (Phi) is 2.18. The van der Waals surface area contributed by atoms with Gasteiger partial charge >= 0.3 is 0 Å². The van der Waals surface area contributed by atoms with E-state index in [0.717, 1.165) is 0 Å². The molecule has 1 heteroatoms. The lowest BCUT2D eigenvalue weighted by molar-refractivity contribution is 0.00778. The largest absolute Gasteiger partial charge is 0.299 e. The highest BCUT2D eigenvalue weighted by Gasteiger charge is 2.47. The molecule has 1 saturated heterocycles. The molecule has 0 bridgehead atoms. The summed E-state index contributed by atoms with van der Waals surface area (Å²) in [6, 6.07) is 11.5. The summed E-state index contributed by atoms with van der Waals surface area (Å²) in [5, 5.41) is 0. The molecule has 1 aromatic rings. The van der Waals surface area contributed by atoms with Crippen LogP contribution in [-0.4, -0.2) is 24.0 Å². The Morgan fingerprint density at radius 1 is 1.12 bits per heavy atom. The fraction of sp³-hybridized carbons (Fsp3) is 0.467. The first kappa shape index (κ1) is 10.1. The predicted molar refractivity (Wildman–Crippen MR) is 68.2 cm³/mol. The first-order valence-corrected chi connectivity index (χ1v) is 6.20. The van der Waals surface area contributed by atoms with E-state index in [2.05, 4.69) is 55.2 Å². The van der Waals surface area contributed by atoms with E-state index in [1.165, 1.54) is 25.1 Å². The highest BCUT2D eigenvalue weighted by Crippen LogP contribution is 2.50. The highest BCUT2D eigenvalue weighted by molar-refractivity contribution is 5.73. The summed E-state index contributed by atoms with van der Waals surface area (Å²) in [6.45, 7) is 7.10. The van der Waals surface area contributed by atoms with E-state index < -0.39 is 0 Å². The molecule has 84 valence electrons. The van der Waals surface area contributed by atoms with E-state index in [4.69, 9.17) is 0 Å². The van der Waals surface area contributed by atoms with Crippen molar-refractivity contribution >= 4 is 5.57 Å². The lowest BCUT2D eigenvalue weighted by Gasteiger charge is -2.55. The predicted octanol–water partition coefficient (Wildman–Crippen LogP) is 3.18. The third kappa shape index (κ3) is 1.51. The van der Waals surface area contributed by atoms with Gasteiger partial charge in [0.15, 0.2) is 0 Å². The van der Waals surface area contributed by atoms with Crippen LogP contribution >= 0.6 is 0 Å². The molecule has 0 N–H and O–H groups in total. The van der Waals surface area contributed by atoms with Gasteiger partial charge in [0.25, 0.3) is 0 Å². The molecule has 0 amide bonds. The summed E-state index contributed by atoms with van der Waals surface area (Å²) in [4.78, 5) is 2.55. The molecule has 0 atom stereocenters. The Morgan fingerprint density at radius 2 is 1.75 bits per heavy atom. The molecule has 2 aliphatic rings. The molecule has 0 saturated carbocycles. The van der Waals surface area contributed by atoms with Crippen molar-refractivity contribution in [3.8, 4) is 0 Å². The molecule has 1 fully saturated rings. The SMILES string of the molecule is CC(C)N1CC2(C=C(c3ccccc3)C2)C1. The molecule has 3 rings (SSSR count). The van der Waals surface area contributed by atoms with Crippen LogP contribution in [0.4, 0.5) is 0 Å². The average Bonchev–Trinajstić information content (AvgIpc) is 2.14. The first-order valence-electron chi connectivity index (χ1n) is 6.20. The molecular weight excluding hydrogens is 194 g/mol. The van der Waals surface area contributed by atoms with Gasteiger partial charge in [-0.25, -0.2) is 0 Å². The smallest absolute Gasteiger partial charge is 0.0183 e. The molecule has 0 radical (unpaired) electrons. The monoisotopic (exact) mass is 213 g/mol. The van der Waals surface area contributed by atoms with Crippen molar-refractivity contribution in [1.29, 1.82) is 0 Å². The Labute approximate surface area is 97.8 Å². The molecule has 0 aromatic heterocycles. The Hall–Kier alpha value is -1.08. The van der Waals surface area contributed by atoms with Gasteiger partial charge in [0.1, 0.15) is 0 Å². The van der Waals surface area contributed by atoms with Crippen LogP contribution in [0, 0.1) is 5.41 Å². The van der Waals surface area contributed by atoms with Crippen LogP contribution in [-0.2, 0) is 0 Å². The molecule has 0 unspecified atom stereocenters.